The zero-order valence-electron chi connectivity index (χ0n) is 23.2. The molecule has 1 aliphatic heterocycles. The first-order chi connectivity index (χ1) is 19.5. The van der Waals surface area contributed by atoms with Crippen molar-refractivity contribution in [3.05, 3.63) is 106 Å². The Morgan fingerprint density at radius 3 is 2.23 bits per heavy atom. The molecule has 40 heavy (non-hydrogen) atoms. The van der Waals surface area contributed by atoms with Crippen LogP contribution in [-0.2, 0) is 18.3 Å². The molecule has 1 aliphatic carbocycles. The molecule has 0 aromatic heterocycles. The molecule has 2 atom stereocenters. The third-order valence-electron chi connectivity index (χ3n) is 9.24. The normalized spacial score (nSPS) is 20.8. The average molecular weight is 637 g/mol. The van der Waals surface area contributed by atoms with Crippen LogP contribution in [0.25, 0.3) is 21.5 Å². The fraction of sp³-hybridized carbons (Fsp3) is 0.371. The third kappa shape index (κ3) is 5.62. The maximum atomic E-state index is 6.69. The molecule has 1 fully saturated rings. The van der Waals surface area contributed by atoms with Crippen molar-refractivity contribution in [2.45, 2.75) is 50.9 Å². The molecule has 1 saturated carbocycles. The van der Waals surface area contributed by atoms with Crippen LogP contribution in [0.2, 0.25) is 0 Å². The van der Waals surface area contributed by atoms with Crippen LogP contribution in [0.4, 0.5) is 0 Å². The van der Waals surface area contributed by atoms with E-state index in [0.717, 1.165) is 50.3 Å². The summed E-state index contributed by atoms with van der Waals surface area (Å²) in [7, 11) is 0. The lowest BCUT2D eigenvalue weighted by molar-refractivity contribution is 0.256. The summed E-state index contributed by atoms with van der Waals surface area (Å²) in [6.07, 6.45) is 6.93. The number of benzene rings is 4. The number of halogens is 3. The molecule has 0 bridgehead atoms. The van der Waals surface area contributed by atoms with Crippen molar-refractivity contribution in [3.8, 4) is 0 Å². The molecule has 2 nitrogen and oxygen atoms in total. The number of aryl methyl sites for hydroxylation is 1. The second kappa shape index (κ2) is 12.0. The van der Waals surface area contributed by atoms with Crippen molar-refractivity contribution < 1.29 is 0 Å². The van der Waals surface area contributed by atoms with Gasteiger partial charge in [0.2, 0.25) is 0 Å². The number of hydrogen-bond acceptors (Lipinski definition) is 2. The number of rotatable bonds is 11. The van der Waals surface area contributed by atoms with Gasteiger partial charge in [0.1, 0.15) is 10.3 Å². The molecule has 0 radical (unpaired) electrons. The van der Waals surface area contributed by atoms with Gasteiger partial charge >= 0.3 is 0 Å². The minimum absolute atomic E-state index is 0.308. The van der Waals surface area contributed by atoms with E-state index >= 15 is 0 Å². The molecule has 6 rings (SSSR count). The molecular formula is C35H37BrCl2N2. The van der Waals surface area contributed by atoms with Crippen LogP contribution in [0.5, 0.6) is 0 Å². The molecule has 0 saturated heterocycles. The van der Waals surface area contributed by atoms with E-state index in [-0.39, 0.29) is 0 Å². The summed E-state index contributed by atoms with van der Waals surface area (Å²) >= 11 is 17.0. The largest absolute Gasteiger partial charge is 0.342 e. The first-order valence-electron chi connectivity index (χ1n) is 14.6. The van der Waals surface area contributed by atoms with Gasteiger partial charge in [-0.3, -0.25) is 0 Å². The highest BCUT2D eigenvalue weighted by Crippen LogP contribution is 2.56. The summed E-state index contributed by atoms with van der Waals surface area (Å²) in [4.78, 5) is 4.46. The molecular weight excluding hydrogens is 599 g/mol. The molecule has 0 spiro atoms. The lowest BCUT2D eigenvalue weighted by Crippen LogP contribution is -2.29. The van der Waals surface area contributed by atoms with E-state index < -0.39 is 0 Å². The van der Waals surface area contributed by atoms with E-state index in [2.05, 4.69) is 112 Å². The van der Waals surface area contributed by atoms with E-state index in [0.29, 0.717) is 15.7 Å². The van der Waals surface area contributed by atoms with Crippen LogP contribution in [0.3, 0.4) is 0 Å². The Kier molecular flexibility index (Phi) is 8.35. The topological polar surface area (TPSA) is 6.48 Å². The number of nitrogens with zero attached hydrogens (tertiary/aromatic N) is 2. The summed E-state index contributed by atoms with van der Waals surface area (Å²) in [5, 5.41) is 7.77. The highest BCUT2D eigenvalue weighted by atomic mass is 79.9. The minimum atomic E-state index is 0.308. The van der Waals surface area contributed by atoms with Crippen molar-refractivity contribution in [2.75, 3.05) is 25.1 Å². The maximum absolute atomic E-state index is 6.69. The summed E-state index contributed by atoms with van der Waals surface area (Å²) in [5.74, 6) is 0.763. The quantitative estimate of drug-likeness (QED) is 0.0919. The Labute approximate surface area is 257 Å². The predicted molar refractivity (Wildman–Crippen MR) is 175 cm³/mol. The van der Waals surface area contributed by atoms with Crippen LogP contribution >= 0.6 is 39.1 Å². The van der Waals surface area contributed by atoms with Crippen LogP contribution in [-0.4, -0.2) is 34.9 Å². The van der Waals surface area contributed by atoms with Crippen LogP contribution in [0.15, 0.2) is 89.2 Å². The molecule has 4 aromatic rings. The second-order valence-electron chi connectivity index (χ2n) is 11.7. The van der Waals surface area contributed by atoms with Gasteiger partial charge in [-0.15, -0.1) is 0 Å². The van der Waals surface area contributed by atoms with Gasteiger partial charge in [-0.2, -0.15) is 0 Å². The monoisotopic (exact) mass is 634 g/mol. The van der Waals surface area contributed by atoms with Crippen molar-refractivity contribution >= 4 is 60.7 Å². The second-order valence-corrected chi connectivity index (χ2v) is 13.3. The van der Waals surface area contributed by atoms with Gasteiger partial charge in [0.05, 0.1) is 6.67 Å². The maximum Gasteiger partial charge on any atom is 0.141 e. The number of hydrogen-bond donors (Lipinski definition) is 0. The molecule has 0 N–H and O–H groups in total. The summed E-state index contributed by atoms with van der Waals surface area (Å²) in [6.45, 7) is 5.05. The fourth-order valence-corrected chi connectivity index (χ4v) is 7.57. The van der Waals surface area contributed by atoms with Crippen LogP contribution in [0.1, 0.15) is 49.3 Å². The van der Waals surface area contributed by atoms with Crippen LogP contribution < -0.4 is 0 Å². The lowest BCUT2D eigenvalue weighted by Gasteiger charge is -2.23. The van der Waals surface area contributed by atoms with E-state index in [4.69, 9.17) is 23.2 Å². The molecule has 2 aliphatic rings. The van der Waals surface area contributed by atoms with Gasteiger partial charge in [-0.05, 0) is 81.7 Å². The Morgan fingerprint density at radius 2 is 1.45 bits per heavy atom. The SMILES string of the molecule is CC1(c2ccc3cccc(CCBr)c3c2)C[C@@H]1CCCCN1CN(CCc2cccc3ccccc23)C(Cl)=C1Cl. The highest BCUT2D eigenvalue weighted by molar-refractivity contribution is 9.09. The molecule has 4 aromatic carbocycles. The summed E-state index contributed by atoms with van der Waals surface area (Å²) in [5.41, 5.74) is 4.61. The molecule has 1 unspecified atom stereocenters. The van der Waals surface area contributed by atoms with Crippen molar-refractivity contribution in [1.82, 2.24) is 9.80 Å². The highest BCUT2D eigenvalue weighted by Gasteiger charge is 2.50. The van der Waals surface area contributed by atoms with Gasteiger partial charge in [0.25, 0.3) is 0 Å². The first-order valence-corrected chi connectivity index (χ1v) is 16.5. The van der Waals surface area contributed by atoms with E-state index in [1.54, 1.807) is 0 Å². The standard InChI is InChI=1S/C35H37BrCl2N2/c1-35(29-16-15-26-10-7-11-27(17-19-36)32(26)22-29)23-30(35)13-4-5-20-39-24-40(34(38)33(39)37)21-18-28-12-6-9-25-8-2-3-14-31(25)28/h2-3,6-12,14-16,22,30H,4-5,13,17-21,23-24H2,1H3/t30-,35?/m0/s1. The van der Waals surface area contributed by atoms with Crippen LogP contribution in [0, 0.1) is 5.92 Å². The van der Waals surface area contributed by atoms with Gasteiger partial charge in [0, 0.05) is 18.4 Å². The van der Waals surface area contributed by atoms with Gasteiger partial charge in [-0.1, -0.05) is 131 Å². The van der Waals surface area contributed by atoms with Gasteiger partial charge in [-0.25, -0.2) is 0 Å². The van der Waals surface area contributed by atoms with Gasteiger partial charge in [0.15, 0.2) is 0 Å². The summed E-state index contributed by atoms with van der Waals surface area (Å²) < 4.78 is 0. The molecule has 1 heterocycles. The van der Waals surface area contributed by atoms with Crippen molar-refractivity contribution in [2.24, 2.45) is 5.92 Å². The minimum Gasteiger partial charge on any atom is -0.342 e. The van der Waals surface area contributed by atoms with E-state index in [1.165, 1.54) is 57.5 Å². The molecule has 0 amide bonds. The Bertz CT molecular complexity index is 1540. The molecule has 5 heteroatoms. The Morgan fingerprint density at radius 1 is 0.775 bits per heavy atom. The number of fused-ring (bicyclic) bond motifs is 2. The summed E-state index contributed by atoms with van der Waals surface area (Å²) in [6, 6.07) is 29.0. The Balaban J connectivity index is 0.996. The lowest BCUT2D eigenvalue weighted by atomic mass is 9.90. The zero-order chi connectivity index (χ0) is 27.7. The Hall–Kier alpha value is -2.20. The number of alkyl halides is 1. The first kappa shape index (κ1) is 27.9. The van der Waals surface area contributed by atoms with Crippen molar-refractivity contribution in [1.29, 1.82) is 0 Å². The van der Waals surface area contributed by atoms with Crippen molar-refractivity contribution in [3.63, 3.8) is 0 Å². The predicted octanol–water partition coefficient (Wildman–Crippen LogP) is 9.80. The van der Waals surface area contributed by atoms with E-state index in [9.17, 15) is 0 Å². The smallest absolute Gasteiger partial charge is 0.141 e. The van der Waals surface area contributed by atoms with Gasteiger partial charge < -0.3 is 9.80 Å². The molecule has 208 valence electrons. The number of unbranched alkanes of at least 4 members (excludes halogenated alkanes) is 1. The third-order valence-corrected chi connectivity index (χ3v) is 10.6. The van der Waals surface area contributed by atoms with E-state index in [1.807, 2.05) is 0 Å². The fourth-order valence-electron chi connectivity index (χ4n) is 6.63. The zero-order valence-corrected chi connectivity index (χ0v) is 26.3. The average Bonchev–Trinajstić information content (AvgIpc) is 3.57.